The molecule has 0 spiro atoms. The molecule has 1 aliphatic rings. The standard InChI is InChI=1S/C29H21ClN2O4S/c1-32-27(33)26(37-29(32)31-22-7-4-6-20(15-22)28(34)35)16-24-23-8-3-2-5-19(23)11-14-25(24)36-17-18-9-12-21(30)13-10-18/h2-16H,17H2,1H3,(H,34,35)/b26-16+,31-29?. The smallest absolute Gasteiger partial charge is 0.335 e. The summed E-state index contributed by atoms with van der Waals surface area (Å²) in [5.74, 6) is -0.584. The van der Waals surface area contributed by atoms with E-state index < -0.39 is 5.97 Å². The fourth-order valence-corrected chi connectivity index (χ4v) is 4.99. The Labute approximate surface area is 222 Å². The number of carboxylic acids is 1. The second kappa shape index (κ2) is 10.5. The van der Waals surface area contributed by atoms with Gasteiger partial charge in [0.2, 0.25) is 0 Å². The lowest BCUT2D eigenvalue weighted by Crippen LogP contribution is -2.23. The topological polar surface area (TPSA) is 79.2 Å². The van der Waals surface area contributed by atoms with Crippen molar-refractivity contribution in [2.45, 2.75) is 6.61 Å². The van der Waals surface area contributed by atoms with Crippen LogP contribution >= 0.6 is 23.4 Å². The third kappa shape index (κ3) is 5.38. The number of nitrogens with zero attached hydrogens (tertiary/aromatic N) is 2. The van der Waals surface area contributed by atoms with Gasteiger partial charge < -0.3 is 9.84 Å². The molecule has 1 heterocycles. The van der Waals surface area contributed by atoms with Crippen LogP contribution in [0.2, 0.25) is 5.02 Å². The van der Waals surface area contributed by atoms with E-state index in [0.29, 0.717) is 33.1 Å². The Balaban J connectivity index is 1.50. The van der Waals surface area contributed by atoms with Gasteiger partial charge in [-0.1, -0.05) is 60.1 Å². The Hall–Kier alpha value is -4.07. The molecule has 37 heavy (non-hydrogen) atoms. The van der Waals surface area contributed by atoms with Crippen molar-refractivity contribution in [3.05, 3.63) is 112 Å². The van der Waals surface area contributed by atoms with E-state index in [1.54, 1.807) is 19.2 Å². The lowest BCUT2D eigenvalue weighted by Gasteiger charge is -2.13. The molecule has 1 saturated heterocycles. The number of hydrogen-bond donors (Lipinski definition) is 1. The number of carbonyl (C=O) groups is 2. The number of hydrogen-bond acceptors (Lipinski definition) is 5. The Morgan fingerprint density at radius 3 is 2.62 bits per heavy atom. The minimum Gasteiger partial charge on any atom is -0.488 e. The van der Waals surface area contributed by atoms with Gasteiger partial charge in [-0.2, -0.15) is 0 Å². The third-order valence-electron chi connectivity index (χ3n) is 5.84. The molecule has 184 valence electrons. The van der Waals surface area contributed by atoms with E-state index in [0.717, 1.165) is 21.9 Å². The number of amidine groups is 1. The number of benzene rings is 4. The zero-order chi connectivity index (χ0) is 25.9. The van der Waals surface area contributed by atoms with E-state index >= 15 is 0 Å². The Morgan fingerprint density at radius 2 is 1.84 bits per heavy atom. The van der Waals surface area contributed by atoms with Crippen LogP contribution in [0.4, 0.5) is 5.69 Å². The van der Waals surface area contributed by atoms with Gasteiger partial charge in [0, 0.05) is 17.6 Å². The normalized spacial score (nSPS) is 15.6. The summed E-state index contributed by atoms with van der Waals surface area (Å²) in [7, 11) is 1.65. The van der Waals surface area contributed by atoms with E-state index in [1.165, 1.54) is 28.8 Å². The highest BCUT2D eigenvalue weighted by atomic mass is 35.5. The Kier molecular flexibility index (Phi) is 6.99. The molecule has 0 aliphatic carbocycles. The summed E-state index contributed by atoms with van der Waals surface area (Å²) in [4.78, 5) is 30.9. The maximum absolute atomic E-state index is 13.2. The molecule has 4 aromatic rings. The van der Waals surface area contributed by atoms with E-state index in [2.05, 4.69) is 4.99 Å². The quantitative estimate of drug-likeness (QED) is 0.272. The lowest BCUT2D eigenvalue weighted by molar-refractivity contribution is -0.121. The molecule has 1 amide bonds. The number of aromatic carboxylic acids is 1. The van der Waals surface area contributed by atoms with Crippen LogP contribution in [0.5, 0.6) is 5.75 Å². The molecular formula is C29H21ClN2O4S. The summed E-state index contributed by atoms with van der Waals surface area (Å²) in [5, 5.41) is 12.4. The molecule has 1 aliphatic heterocycles. The van der Waals surface area contributed by atoms with E-state index in [9.17, 15) is 14.7 Å². The molecule has 1 N–H and O–H groups in total. The lowest BCUT2D eigenvalue weighted by atomic mass is 10.0. The number of aliphatic imine (C=N–C) groups is 1. The van der Waals surface area contributed by atoms with Gasteiger partial charge in [-0.05, 0) is 70.6 Å². The molecule has 0 bridgehead atoms. The molecule has 4 aromatic carbocycles. The van der Waals surface area contributed by atoms with Crippen molar-refractivity contribution >= 4 is 62.9 Å². The average Bonchev–Trinajstić information content (AvgIpc) is 3.16. The van der Waals surface area contributed by atoms with Gasteiger partial charge >= 0.3 is 5.97 Å². The largest absolute Gasteiger partial charge is 0.488 e. The van der Waals surface area contributed by atoms with Gasteiger partial charge in [0.25, 0.3) is 5.91 Å². The van der Waals surface area contributed by atoms with Gasteiger partial charge in [-0.3, -0.25) is 9.69 Å². The second-order valence-electron chi connectivity index (χ2n) is 8.34. The fourth-order valence-electron chi connectivity index (χ4n) is 3.89. The van der Waals surface area contributed by atoms with Crippen molar-refractivity contribution in [1.29, 1.82) is 0 Å². The summed E-state index contributed by atoms with van der Waals surface area (Å²) in [6.07, 6.45) is 1.83. The number of halogens is 1. The minimum absolute atomic E-state index is 0.132. The number of carbonyl (C=O) groups excluding carboxylic acids is 1. The maximum atomic E-state index is 13.2. The molecule has 1 fully saturated rings. The maximum Gasteiger partial charge on any atom is 0.335 e. The SMILES string of the molecule is CN1C(=O)/C(=C\c2c(OCc3ccc(Cl)cc3)ccc3ccccc23)SC1=Nc1cccc(C(=O)O)c1. The van der Waals surface area contributed by atoms with Crippen LogP contribution in [-0.4, -0.2) is 34.1 Å². The number of rotatable bonds is 6. The zero-order valence-electron chi connectivity index (χ0n) is 19.7. The first-order valence-electron chi connectivity index (χ1n) is 11.4. The van der Waals surface area contributed by atoms with Gasteiger partial charge in [0.1, 0.15) is 12.4 Å². The number of likely N-dealkylation sites (N-methyl/N-ethyl adjacent to an activating group) is 1. The molecule has 0 atom stereocenters. The molecular weight excluding hydrogens is 508 g/mol. The van der Waals surface area contributed by atoms with E-state index in [1.807, 2.05) is 66.7 Å². The highest BCUT2D eigenvalue weighted by Gasteiger charge is 2.31. The van der Waals surface area contributed by atoms with Crippen molar-refractivity contribution in [3.63, 3.8) is 0 Å². The van der Waals surface area contributed by atoms with Gasteiger partial charge in [0.15, 0.2) is 5.17 Å². The summed E-state index contributed by atoms with van der Waals surface area (Å²) in [6.45, 7) is 0.347. The van der Waals surface area contributed by atoms with Crippen LogP contribution in [0, 0.1) is 0 Å². The Bertz CT molecular complexity index is 1580. The summed E-state index contributed by atoms with van der Waals surface area (Å²) >= 11 is 7.24. The van der Waals surface area contributed by atoms with Crippen molar-refractivity contribution in [1.82, 2.24) is 4.90 Å². The zero-order valence-corrected chi connectivity index (χ0v) is 21.3. The monoisotopic (exact) mass is 528 g/mol. The number of fused-ring (bicyclic) bond motifs is 1. The van der Waals surface area contributed by atoms with E-state index in [4.69, 9.17) is 16.3 Å². The number of carboxylic acid groups (broad SMARTS) is 1. The molecule has 8 heteroatoms. The average molecular weight is 529 g/mol. The van der Waals surface area contributed by atoms with Crippen LogP contribution in [0.1, 0.15) is 21.5 Å². The first kappa shape index (κ1) is 24.6. The molecule has 5 rings (SSSR count). The Morgan fingerprint density at radius 1 is 1.05 bits per heavy atom. The summed E-state index contributed by atoms with van der Waals surface area (Å²) < 4.78 is 6.19. The van der Waals surface area contributed by atoms with Gasteiger partial charge in [-0.15, -0.1) is 0 Å². The highest BCUT2D eigenvalue weighted by molar-refractivity contribution is 8.18. The second-order valence-corrected chi connectivity index (χ2v) is 9.78. The summed E-state index contributed by atoms with van der Waals surface area (Å²) in [5.41, 5.74) is 2.36. The molecule has 0 unspecified atom stereocenters. The molecule has 6 nitrogen and oxygen atoms in total. The number of amides is 1. The van der Waals surface area contributed by atoms with Crippen molar-refractivity contribution in [2.75, 3.05) is 7.05 Å². The highest BCUT2D eigenvalue weighted by Crippen LogP contribution is 2.37. The summed E-state index contributed by atoms with van der Waals surface area (Å²) in [6, 6.07) is 25.6. The third-order valence-corrected chi connectivity index (χ3v) is 7.15. The number of ether oxygens (including phenoxy) is 1. The van der Waals surface area contributed by atoms with Gasteiger partial charge in [-0.25, -0.2) is 9.79 Å². The van der Waals surface area contributed by atoms with Crippen LogP contribution in [0.3, 0.4) is 0 Å². The van der Waals surface area contributed by atoms with Crippen LogP contribution in [0.15, 0.2) is 94.8 Å². The van der Waals surface area contributed by atoms with Crippen LogP contribution < -0.4 is 4.74 Å². The van der Waals surface area contributed by atoms with Crippen LogP contribution in [-0.2, 0) is 11.4 Å². The van der Waals surface area contributed by atoms with Crippen molar-refractivity contribution in [3.8, 4) is 5.75 Å². The van der Waals surface area contributed by atoms with E-state index in [-0.39, 0.29) is 11.5 Å². The van der Waals surface area contributed by atoms with Crippen molar-refractivity contribution < 1.29 is 19.4 Å². The predicted molar refractivity (Wildman–Crippen MR) is 149 cm³/mol. The minimum atomic E-state index is -1.03. The first-order valence-corrected chi connectivity index (χ1v) is 12.6. The molecule has 0 saturated carbocycles. The van der Waals surface area contributed by atoms with Crippen molar-refractivity contribution in [2.24, 2.45) is 4.99 Å². The predicted octanol–water partition coefficient (Wildman–Crippen LogP) is 7.00. The molecule has 0 aromatic heterocycles. The molecule has 0 radical (unpaired) electrons. The first-order chi connectivity index (χ1) is 17.9. The number of thioether (sulfide) groups is 1. The fraction of sp³-hybridized carbons (Fsp3) is 0.0690. The van der Waals surface area contributed by atoms with Crippen LogP contribution in [0.25, 0.3) is 16.8 Å². The van der Waals surface area contributed by atoms with Gasteiger partial charge in [0.05, 0.1) is 16.2 Å².